The molecule has 0 saturated heterocycles. The van der Waals surface area contributed by atoms with Crippen molar-refractivity contribution in [3.8, 4) is 0 Å². The highest BCUT2D eigenvalue weighted by atomic mass is 17.2. The SMILES string of the molecule is CC1CCCC(O)(OOC2(O)CCCC(C)C2)C1. The molecule has 0 spiro atoms. The van der Waals surface area contributed by atoms with Gasteiger partial charge in [-0.05, 0) is 24.7 Å². The maximum atomic E-state index is 10.3. The summed E-state index contributed by atoms with van der Waals surface area (Å²) in [5.41, 5.74) is 0. The minimum atomic E-state index is -1.21. The molecular formula is C14H26O4. The van der Waals surface area contributed by atoms with Crippen LogP contribution in [0.25, 0.3) is 0 Å². The van der Waals surface area contributed by atoms with Crippen LogP contribution in [0.15, 0.2) is 0 Å². The third kappa shape index (κ3) is 3.67. The van der Waals surface area contributed by atoms with Crippen LogP contribution in [0.5, 0.6) is 0 Å². The van der Waals surface area contributed by atoms with Crippen LogP contribution < -0.4 is 0 Å². The number of hydrogen-bond acceptors (Lipinski definition) is 4. The largest absolute Gasteiger partial charge is 0.363 e. The van der Waals surface area contributed by atoms with Gasteiger partial charge in [0.05, 0.1) is 0 Å². The summed E-state index contributed by atoms with van der Waals surface area (Å²) in [5.74, 6) is -1.55. The monoisotopic (exact) mass is 258 g/mol. The molecular weight excluding hydrogens is 232 g/mol. The number of aliphatic hydroxyl groups is 2. The minimum Gasteiger partial charge on any atom is -0.363 e. The first-order chi connectivity index (χ1) is 8.41. The van der Waals surface area contributed by atoms with E-state index in [9.17, 15) is 10.2 Å². The Morgan fingerprint density at radius 1 is 0.833 bits per heavy atom. The summed E-state index contributed by atoms with van der Waals surface area (Å²) in [7, 11) is 0. The molecule has 4 nitrogen and oxygen atoms in total. The zero-order chi connectivity index (χ0) is 13.2. The van der Waals surface area contributed by atoms with Crippen molar-refractivity contribution in [2.45, 2.75) is 76.8 Å². The first-order valence-corrected chi connectivity index (χ1v) is 7.22. The summed E-state index contributed by atoms with van der Waals surface area (Å²) in [4.78, 5) is 10.5. The van der Waals surface area contributed by atoms with Crippen molar-refractivity contribution in [2.75, 3.05) is 0 Å². The maximum absolute atomic E-state index is 10.3. The molecule has 106 valence electrons. The molecule has 2 N–H and O–H groups in total. The predicted octanol–water partition coefficient (Wildman–Crippen LogP) is 2.73. The Hall–Kier alpha value is -0.160. The van der Waals surface area contributed by atoms with Crippen LogP contribution >= 0.6 is 0 Å². The van der Waals surface area contributed by atoms with Gasteiger partial charge < -0.3 is 10.2 Å². The van der Waals surface area contributed by atoms with Crippen molar-refractivity contribution in [3.63, 3.8) is 0 Å². The zero-order valence-corrected chi connectivity index (χ0v) is 11.5. The van der Waals surface area contributed by atoms with Gasteiger partial charge in [0.1, 0.15) is 0 Å². The van der Waals surface area contributed by atoms with E-state index < -0.39 is 11.6 Å². The molecule has 4 heteroatoms. The van der Waals surface area contributed by atoms with Crippen molar-refractivity contribution in [1.29, 1.82) is 0 Å². The number of rotatable bonds is 3. The van der Waals surface area contributed by atoms with E-state index in [1.165, 1.54) is 0 Å². The quantitative estimate of drug-likeness (QED) is 0.464. The lowest BCUT2D eigenvalue weighted by Gasteiger charge is -2.39. The molecule has 0 aromatic carbocycles. The molecule has 0 amide bonds. The van der Waals surface area contributed by atoms with E-state index in [2.05, 4.69) is 13.8 Å². The van der Waals surface area contributed by atoms with Gasteiger partial charge in [-0.3, -0.25) is 0 Å². The Morgan fingerprint density at radius 3 is 1.56 bits per heavy atom. The Morgan fingerprint density at radius 2 is 1.22 bits per heavy atom. The fourth-order valence-electron chi connectivity index (χ4n) is 3.26. The standard InChI is InChI=1S/C14H26O4/c1-11-5-3-7-13(15,9-11)17-18-14(16)8-4-6-12(2)10-14/h11-12,15-16H,3-10H2,1-2H3. The molecule has 2 rings (SSSR count). The highest BCUT2D eigenvalue weighted by Gasteiger charge is 2.40. The first kappa shape index (κ1) is 14.3. The van der Waals surface area contributed by atoms with Gasteiger partial charge in [-0.25, -0.2) is 0 Å². The molecule has 2 aliphatic carbocycles. The van der Waals surface area contributed by atoms with Crippen molar-refractivity contribution in [2.24, 2.45) is 11.8 Å². The van der Waals surface area contributed by atoms with Gasteiger partial charge in [-0.2, -0.15) is 9.78 Å². The second kappa shape index (κ2) is 5.45. The summed E-state index contributed by atoms with van der Waals surface area (Å²) in [5, 5.41) is 20.6. The van der Waals surface area contributed by atoms with Crippen LogP contribution in [-0.4, -0.2) is 21.8 Å². The van der Waals surface area contributed by atoms with Gasteiger partial charge >= 0.3 is 0 Å². The van der Waals surface area contributed by atoms with Crippen molar-refractivity contribution in [1.82, 2.24) is 0 Å². The number of hydrogen-bond donors (Lipinski definition) is 2. The topological polar surface area (TPSA) is 58.9 Å². The van der Waals surface area contributed by atoms with E-state index in [4.69, 9.17) is 9.78 Å². The van der Waals surface area contributed by atoms with E-state index in [0.29, 0.717) is 37.5 Å². The minimum absolute atomic E-state index is 0.437. The van der Waals surface area contributed by atoms with Gasteiger partial charge in [-0.15, -0.1) is 0 Å². The van der Waals surface area contributed by atoms with Crippen molar-refractivity contribution >= 4 is 0 Å². The maximum Gasteiger partial charge on any atom is 0.199 e. The summed E-state index contributed by atoms with van der Waals surface area (Å²) >= 11 is 0. The van der Waals surface area contributed by atoms with E-state index in [-0.39, 0.29) is 0 Å². The molecule has 4 unspecified atom stereocenters. The molecule has 2 aliphatic rings. The van der Waals surface area contributed by atoms with Crippen LogP contribution in [0.1, 0.15) is 65.2 Å². The molecule has 0 aliphatic heterocycles. The Labute approximate surface area is 109 Å². The Kier molecular flexibility index (Phi) is 4.32. The van der Waals surface area contributed by atoms with E-state index in [1.807, 2.05) is 0 Å². The fraction of sp³-hybridized carbons (Fsp3) is 1.00. The molecule has 0 radical (unpaired) electrons. The fourth-order valence-corrected chi connectivity index (χ4v) is 3.26. The molecule has 18 heavy (non-hydrogen) atoms. The zero-order valence-electron chi connectivity index (χ0n) is 11.5. The van der Waals surface area contributed by atoms with E-state index in [1.54, 1.807) is 0 Å². The molecule has 0 bridgehead atoms. The molecule has 0 aromatic rings. The van der Waals surface area contributed by atoms with Crippen molar-refractivity contribution in [3.05, 3.63) is 0 Å². The van der Waals surface area contributed by atoms with Gasteiger partial charge in [-0.1, -0.05) is 26.7 Å². The van der Waals surface area contributed by atoms with Crippen LogP contribution in [0, 0.1) is 11.8 Å². The van der Waals surface area contributed by atoms with Crippen molar-refractivity contribution < 1.29 is 20.0 Å². The average Bonchev–Trinajstić information content (AvgIpc) is 2.26. The van der Waals surface area contributed by atoms with Crippen LogP contribution in [0.3, 0.4) is 0 Å². The predicted molar refractivity (Wildman–Crippen MR) is 67.3 cm³/mol. The average molecular weight is 258 g/mol. The molecule has 2 fully saturated rings. The summed E-state index contributed by atoms with van der Waals surface area (Å²) in [6, 6.07) is 0. The van der Waals surface area contributed by atoms with E-state index in [0.717, 1.165) is 25.7 Å². The second-order valence-corrected chi connectivity index (χ2v) is 6.46. The van der Waals surface area contributed by atoms with Gasteiger partial charge in [0, 0.05) is 25.7 Å². The Balaban J connectivity index is 1.86. The molecule has 2 saturated carbocycles. The van der Waals surface area contributed by atoms with Gasteiger partial charge in [0.2, 0.25) is 0 Å². The lowest BCUT2D eigenvalue weighted by molar-refractivity contribution is -0.504. The smallest absolute Gasteiger partial charge is 0.199 e. The summed E-state index contributed by atoms with van der Waals surface area (Å²) in [6.45, 7) is 4.20. The highest BCUT2D eigenvalue weighted by Crippen LogP contribution is 2.37. The van der Waals surface area contributed by atoms with Crippen LogP contribution in [0.4, 0.5) is 0 Å². The molecule has 4 atom stereocenters. The summed E-state index contributed by atoms with van der Waals surface area (Å²) < 4.78 is 0. The first-order valence-electron chi connectivity index (χ1n) is 7.22. The summed E-state index contributed by atoms with van der Waals surface area (Å²) in [6.07, 6.45) is 6.45. The van der Waals surface area contributed by atoms with Crippen LogP contribution in [0.2, 0.25) is 0 Å². The second-order valence-electron chi connectivity index (χ2n) is 6.46. The van der Waals surface area contributed by atoms with Gasteiger partial charge in [0.15, 0.2) is 11.6 Å². The van der Waals surface area contributed by atoms with Gasteiger partial charge in [0.25, 0.3) is 0 Å². The third-order valence-corrected chi connectivity index (χ3v) is 4.22. The molecule has 0 aromatic heterocycles. The molecule has 0 heterocycles. The highest BCUT2D eigenvalue weighted by molar-refractivity contribution is 4.78. The van der Waals surface area contributed by atoms with Crippen LogP contribution in [-0.2, 0) is 9.78 Å². The third-order valence-electron chi connectivity index (χ3n) is 4.22. The lowest BCUT2D eigenvalue weighted by Crippen LogP contribution is -2.44. The normalized spacial score (nSPS) is 46.0. The van der Waals surface area contributed by atoms with E-state index >= 15 is 0 Å². The Bertz CT molecular complexity index is 255. The lowest BCUT2D eigenvalue weighted by atomic mass is 9.86.